The topological polar surface area (TPSA) is 66.5 Å². The molecule has 0 spiro atoms. The number of hydrogen-bond acceptors (Lipinski definition) is 3. The minimum Gasteiger partial charge on any atom is -0.325 e. The smallest absolute Gasteiger partial charge is 0.266 e. The van der Waals surface area contributed by atoms with Gasteiger partial charge in [-0.1, -0.05) is 48.4 Å². The summed E-state index contributed by atoms with van der Waals surface area (Å²) in [4.78, 5) is 40.0. The number of halogens is 1. The first-order chi connectivity index (χ1) is 15.0. The van der Waals surface area contributed by atoms with Crippen molar-refractivity contribution in [3.05, 3.63) is 94.5 Å². The lowest BCUT2D eigenvalue weighted by Crippen LogP contribution is -2.46. The molecule has 0 unspecified atom stereocenters. The number of carbonyl (C=O) groups excluding carboxylic acids is 3. The molecule has 0 radical (unpaired) electrons. The molecule has 1 N–H and O–H groups in total. The molecule has 0 bridgehead atoms. The third-order valence-electron chi connectivity index (χ3n) is 6.18. The van der Waals surface area contributed by atoms with Crippen LogP contribution < -0.4 is 10.2 Å². The van der Waals surface area contributed by atoms with Crippen molar-refractivity contribution < 1.29 is 14.4 Å². The van der Waals surface area contributed by atoms with Gasteiger partial charge in [-0.2, -0.15) is 0 Å². The molecule has 1 fully saturated rings. The number of anilines is 2. The Balaban J connectivity index is 1.42. The Bertz CT molecular complexity index is 1200. The quantitative estimate of drug-likeness (QED) is 0.578. The summed E-state index contributed by atoms with van der Waals surface area (Å²) in [5, 5.41) is 3.59. The van der Waals surface area contributed by atoms with Crippen LogP contribution in [0.4, 0.5) is 11.4 Å². The first kappa shape index (κ1) is 19.5. The molecule has 1 aliphatic heterocycles. The van der Waals surface area contributed by atoms with Crippen molar-refractivity contribution >= 4 is 40.7 Å². The summed E-state index contributed by atoms with van der Waals surface area (Å²) in [6, 6.07) is 21.0. The van der Waals surface area contributed by atoms with Gasteiger partial charge in [0.25, 0.3) is 11.8 Å². The summed E-state index contributed by atoms with van der Waals surface area (Å²) < 4.78 is 0. The highest BCUT2D eigenvalue weighted by molar-refractivity contribution is 6.34. The van der Waals surface area contributed by atoms with E-state index in [9.17, 15) is 14.4 Å². The average molecular weight is 431 g/mol. The van der Waals surface area contributed by atoms with Gasteiger partial charge in [0.05, 0.1) is 22.2 Å². The summed E-state index contributed by atoms with van der Waals surface area (Å²) in [5.74, 6) is -0.836. The second kappa shape index (κ2) is 7.36. The largest absolute Gasteiger partial charge is 0.325 e. The monoisotopic (exact) mass is 430 g/mol. The number of hydrogen-bond donors (Lipinski definition) is 1. The standard InChI is InChI=1S/C25H19ClN2O3/c26-17-7-3-6-16(14-17)25(12-5-13-25)24(31)27-18-8-4-9-19(15-18)28-22(29)20-10-1-2-11-21(20)23(28)30/h1-4,6-11,14-15H,5,12-13H2,(H,27,31). The van der Waals surface area contributed by atoms with Gasteiger partial charge in [-0.25, -0.2) is 4.90 Å². The summed E-state index contributed by atoms with van der Waals surface area (Å²) in [7, 11) is 0. The van der Waals surface area contributed by atoms with Crippen molar-refractivity contribution in [2.45, 2.75) is 24.7 Å². The summed E-state index contributed by atoms with van der Waals surface area (Å²) in [5.41, 5.74) is 2.02. The molecule has 31 heavy (non-hydrogen) atoms. The van der Waals surface area contributed by atoms with Gasteiger partial charge in [0.15, 0.2) is 0 Å². The molecule has 3 aromatic carbocycles. The van der Waals surface area contributed by atoms with E-state index in [4.69, 9.17) is 11.6 Å². The number of benzene rings is 3. The Hall–Kier alpha value is -3.44. The highest BCUT2D eigenvalue weighted by atomic mass is 35.5. The van der Waals surface area contributed by atoms with Crippen molar-refractivity contribution in [3.63, 3.8) is 0 Å². The zero-order valence-electron chi connectivity index (χ0n) is 16.6. The van der Waals surface area contributed by atoms with Crippen LogP contribution in [-0.4, -0.2) is 17.7 Å². The van der Waals surface area contributed by atoms with E-state index in [0.29, 0.717) is 27.5 Å². The second-order valence-corrected chi connectivity index (χ2v) is 8.38. The van der Waals surface area contributed by atoms with Crippen LogP contribution in [0.5, 0.6) is 0 Å². The van der Waals surface area contributed by atoms with Gasteiger partial charge in [-0.3, -0.25) is 14.4 Å². The number of amides is 3. The molecule has 1 heterocycles. The molecule has 154 valence electrons. The maximum absolute atomic E-state index is 13.3. The molecule has 0 aromatic heterocycles. The molecular formula is C25H19ClN2O3. The van der Waals surface area contributed by atoms with Crippen molar-refractivity contribution in [3.8, 4) is 0 Å². The van der Waals surface area contributed by atoms with E-state index in [2.05, 4.69) is 5.32 Å². The summed E-state index contributed by atoms with van der Waals surface area (Å²) >= 11 is 6.15. The molecule has 0 atom stereocenters. The van der Waals surface area contributed by atoms with Gasteiger partial charge >= 0.3 is 0 Å². The Morgan fingerprint density at radius 3 is 2.16 bits per heavy atom. The molecule has 3 amide bonds. The fraction of sp³-hybridized carbons (Fsp3) is 0.160. The molecular weight excluding hydrogens is 412 g/mol. The van der Waals surface area contributed by atoms with Crippen LogP contribution >= 0.6 is 11.6 Å². The predicted molar refractivity (Wildman–Crippen MR) is 120 cm³/mol. The van der Waals surface area contributed by atoms with E-state index in [-0.39, 0.29) is 17.7 Å². The lowest BCUT2D eigenvalue weighted by molar-refractivity contribution is -0.124. The number of rotatable bonds is 4. The minimum absolute atomic E-state index is 0.111. The van der Waals surface area contributed by atoms with Crippen LogP contribution in [-0.2, 0) is 10.2 Å². The van der Waals surface area contributed by atoms with Crippen LogP contribution in [0.15, 0.2) is 72.8 Å². The molecule has 2 aliphatic rings. The van der Waals surface area contributed by atoms with E-state index >= 15 is 0 Å². The summed E-state index contributed by atoms with van der Waals surface area (Å²) in [6.45, 7) is 0. The normalized spacial score (nSPS) is 16.6. The van der Waals surface area contributed by atoms with Crippen LogP contribution in [0.1, 0.15) is 45.5 Å². The molecule has 1 aliphatic carbocycles. The first-order valence-electron chi connectivity index (χ1n) is 10.1. The predicted octanol–water partition coefficient (Wildman–Crippen LogP) is 5.20. The maximum atomic E-state index is 13.3. The Morgan fingerprint density at radius 2 is 1.55 bits per heavy atom. The molecule has 0 saturated heterocycles. The van der Waals surface area contributed by atoms with E-state index in [0.717, 1.165) is 29.7 Å². The van der Waals surface area contributed by atoms with Gasteiger partial charge in [0.1, 0.15) is 0 Å². The van der Waals surface area contributed by atoms with Crippen molar-refractivity contribution in [1.29, 1.82) is 0 Å². The van der Waals surface area contributed by atoms with E-state index < -0.39 is 5.41 Å². The fourth-order valence-corrected chi connectivity index (χ4v) is 4.55. The lowest BCUT2D eigenvalue weighted by atomic mass is 9.64. The molecule has 5 rings (SSSR count). The third kappa shape index (κ3) is 3.13. The van der Waals surface area contributed by atoms with E-state index in [1.165, 1.54) is 0 Å². The van der Waals surface area contributed by atoms with E-state index in [1.807, 2.05) is 18.2 Å². The van der Waals surface area contributed by atoms with Gasteiger partial charge in [-0.15, -0.1) is 0 Å². The fourth-order valence-electron chi connectivity index (χ4n) is 4.36. The number of nitrogens with zero attached hydrogens (tertiary/aromatic N) is 1. The number of nitrogens with one attached hydrogen (secondary N) is 1. The SMILES string of the molecule is O=C1c2ccccc2C(=O)N1c1cccc(NC(=O)C2(c3cccc(Cl)c3)CCC2)c1. The lowest BCUT2D eigenvalue weighted by Gasteiger charge is -2.40. The zero-order valence-corrected chi connectivity index (χ0v) is 17.4. The first-order valence-corrected chi connectivity index (χ1v) is 10.5. The second-order valence-electron chi connectivity index (χ2n) is 7.94. The van der Waals surface area contributed by atoms with Gasteiger partial charge < -0.3 is 5.32 Å². The average Bonchev–Trinajstić information content (AvgIpc) is 2.98. The highest BCUT2D eigenvalue weighted by Gasteiger charge is 2.45. The minimum atomic E-state index is -0.615. The molecule has 1 saturated carbocycles. The highest BCUT2D eigenvalue weighted by Crippen LogP contribution is 2.45. The van der Waals surface area contributed by atoms with Crippen molar-refractivity contribution in [1.82, 2.24) is 0 Å². The molecule has 6 heteroatoms. The third-order valence-corrected chi connectivity index (χ3v) is 6.41. The Morgan fingerprint density at radius 1 is 0.871 bits per heavy atom. The molecule has 3 aromatic rings. The van der Waals surface area contributed by atoms with E-state index in [1.54, 1.807) is 54.6 Å². The van der Waals surface area contributed by atoms with Crippen LogP contribution in [0.25, 0.3) is 0 Å². The summed E-state index contributed by atoms with van der Waals surface area (Å²) in [6.07, 6.45) is 2.46. The van der Waals surface area contributed by atoms with Crippen molar-refractivity contribution in [2.24, 2.45) is 0 Å². The van der Waals surface area contributed by atoms with Crippen LogP contribution in [0, 0.1) is 0 Å². The Kier molecular flexibility index (Phi) is 4.63. The van der Waals surface area contributed by atoms with Crippen LogP contribution in [0.3, 0.4) is 0 Å². The molecule has 5 nitrogen and oxygen atoms in total. The number of fused-ring (bicyclic) bond motifs is 1. The number of carbonyl (C=O) groups is 3. The van der Waals surface area contributed by atoms with Crippen molar-refractivity contribution in [2.75, 3.05) is 10.2 Å². The maximum Gasteiger partial charge on any atom is 0.266 e. The van der Waals surface area contributed by atoms with Gasteiger partial charge in [-0.05, 0) is 60.9 Å². The Labute approximate surface area is 184 Å². The number of imide groups is 1. The van der Waals surface area contributed by atoms with Gasteiger partial charge in [0.2, 0.25) is 5.91 Å². The van der Waals surface area contributed by atoms with Crippen LogP contribution in [0.2, 0.25) is 5.02 Å². The van der Waals surface area contributed by atoms with Gasteiger partial charge in [0, 0.05) is 10.7 Å². The zero-order chi connectivity index (χ0) is 21.6.